The van der Waals surface area contributed by atoms with Gasteiger partial charge in [0.05, 0.1) is 0 Å². The van der Waals surface area contributed by atoms with Crippen molar-refractivity contribution in [2.24, 2.45) is 0 Å². The third-order valence-electron chi connectivity index (χ3n) is 2.46. The number of ether oxygens (including phenoxy) is 1. The van der Waals surface area contributed by atoms with Crippen LogP contribution in [0.1, 0.15) is 10.4 Å². The van der Waals surface area contributed by atoms with E-state index < -0.39 is 0 Å². The molecule has 1 aromatic carbocycles. The minimum absolute atomic E-state index is 0.690. The molecule has 0 saturated carbocycles. The number of hydrogen-bond acceptors (Lipinski definition) is 3. The van der Waals surface area contributed by atoms with E-state index in [1.54, 1.807) is 11.3 Å². The van der Waals surface area contributed by atoms with Gasteiger partial charge in [-0.2, -0.15) is 0 Å². The third-order valence-corrected chi connectivity index (χ3v) is 4.16. The molecule has 18 heavy (non-hydrogen) atoms. The van der Waals surface area contributed by atoms with Gasteiger partial charge in [-0.25, -0.2) is 0 Å². The smallest absolute Gasteiger partial charge is 0.119 e. The first-order valence-electron chi connectivity index (χ1n) is 5.87. The van der Waals surface area contributed by atoms with Gasteiger partial charge in [0, 0.05) is 27.8 Å². The van der Waals surface area contributed by atoms with Crippen LogP contribution in [0.4, 0.5) is 0 Å². The van der Waals surface area contributed by atoms with E-state index >= 15 is 0 Å². The lowest BCUT2D eigenvalue weighted by Gasteiger charge is -2.07. The number of hydrogen-bond donors (Lipinski definition) is 1. The Morgan fingerprint density at radius 3 is 2.94 bits per heavy atom. The van der Waals surface area contributed by atoms with Crippen LogP contribution in [-0.2, 0) is 6.54 Å². The van der Waals surface area contributed by atoms with Gasteiger partial charge in [-0.3, -0.25) is 0 Å². The minimum atomic E-state index is 0.690. The van der Waals surface area contributed by atoms with Gasteiger partial charge in [-0.1, -0.05) is 12.1 Å². The van der Waals surface area contributed by atoms with Gasteiger partial charge < -0.3 is 10.1 Å². The molecule has 4 heteroatoms. The fraction of sp³-hybridized carbons (Fsp3) is 0.286. The first kappa shape index (κ1) is 13.6. The highest BCUT2D eigenvalue weighted by molar-refractivity contribution is 9.10. The van der Waals surface area contributed by atoms with Crippen molar-refractivity contribution in [2.75, 3.05) is 13.2 Å². The van der Waals surface area contributed by atoms with Crippen molar-refractivity contribution in [3.05, 3.63) is 50.6 Å². The van der Waals surface area contributed by atoms with Crippen molar-refractivity contribution >= 4 is 27.3 Å². The summed E-state index contributed by atoms with van der Waals surface area (Å²) in [5.74, 6) is 0.940. The Hall–Kier alpha value is -0.840. The Bertz CT molecular complexity index is 498. The highest BCUT2D eigenvalue weighted by Gasteiger charge is 1.97. The van der Waals surface area contributed by atoms with Gasteiger partial charge in [0.15, 0.2) is 0 Å². The largest absolute Gasteiger partial charge is 0.492 e. The van der Waals surface area contributed by atoms with E-state index in [4.69, 9.17) is 4.74 Å². The highest BCUT2D eigenvalue weighted by Crippen LogP contribution is 2.19. The van der Waals surface area contributed by atoms with Crippen LogP contribution in [0.3, 0.4) is 0 Å². The van der Waals surface area contributed by atoms with Crippen LogP contribution in [0, 0.1) is 6.92 Å². The molecule has 2 aromatic rings. The van der Waals surface area contributed by atoms with Crippen LogP contribution < -0.4 is 10.1 Å². The number of benzene rings is 1. The van der Waals surface area contributed by atoms with Crippen molar-refractivity contribution in [1.82, 2.24) is 5.32 Å². The molecule has 0 saturated heterocycles. The molecule has 0 atom stereocenters. The van der Waals surface area contributed by atoms with Crippen molar-refractivity contribution < 1.29 is 4.74 Å². The summed E-state index contributed by atoms with van der Waals surface area (Å²) < 4.78 is 6.81. The second kappa shape index (κ2) is 6.92. The molecule has 0 fully saturated rings. The average molecular weight is 326 g/mol. The van der Waals surface area contributed by atoms with E-state index in [-0.39, 0.29) is 0 Å². The molecule has 0 radical (unpaired) electrons. The zero-order valence-corrected chi connectivity index (χ0v) is 12.7. The van der Waals surface area contributed by atoms with Crippen LogP contribution in [-0.4, -0.2) is 13.2 Å². The molecular weight excluding hydrogens is 310 g/mol. The third kappa shape index (κ3) is 4.44. The minimum Gasteiger partial charge on any atom is -0.492 e. The summed E-state index contributed by atoms with van der Waals surface area (Å²) in [6, 6.07) is 10.3. The number of aryl methyl sites for hydroxylation is 1. The number of halogens is 1. The van der Waals surface area contributed by atoms with Gasteiger partial charge in [0.25, 0.3) is 0 Å². The normalized spacial score (nSPS) is 10.6. The van der Waals surface area contributed by atoms with Crippen molar-refractivity contribution in [3.63, 3.8) is 0 Å². The first-order chi connectivity index (χ1) is 8.74. The Labute approximate surface area is 120 Å². The number of nitrogens with one attached hydrogen (secondary N) is 1. The molecule has 0 aliphatic rings. The zero-order chi connectivity index (χ0) is 12.8. The lowest BCUT2D eigenvalue weighted by atomic mass is 10.2. The Kier molecular flexibility index (Phi) is 5.23. The number of thiophene rings is 1. The molecular formula is C14H16BrNOS. The second-order valence-corrected chi connectivity index (χ2v) is 5.98. The van der Waals surface area contributed by atoms with Crippen LogP contribution in [0.15, 0.2) is 40.2 Å². The Morgan fingerprint density at radius 1 is 1.33 bits per heavy atom. The zero-order valence-electron chi connectivity index (χ0n) is 10.3. The molecule has 0 aliphatic carbocycles. The standard InChI is InChI=1S/C14H16BrNOS/c1-11-3-2-4-13(7-11)17-6-5-16-9-14-8-12(15)10-18-14/h2-4,7-8,10,16H,5-6,9H2,1H3. The lowest BCUT2D eigenvalue weighted by Crippen LogP contribution is -2.20. The summed E-state index contributed by atoms with van der Waals surface area (Å²) in [4.78, 5) is 1.33. The van der Waals surface area contributed by atoms with E-state index in [0.29, 0.717) is 6.61 Å². The molecule has 0 unspecified atom stereocenters. The van der Waals surface area contributed by atoms with Gasteiger partial charge in [-0.05, 0) is 46.6 Å². The quantitative estimate of drug-likeness (QED) is 0.811. The maximum absolute atomic E-state index is 5.66. The predicted octanol–water partition coefficient (Wildman–Crippen LogP) is 3.99. The van der Waals surface area contributed by atoms with Crippen molar-refractivity contribution in [2.45, 2.75) is 13.5 Å². The maximum atomic E-state index is 5.66. The highest BCUT2D eigenvalue weighted by atomic mass is 79.9. The molecule has 0 aliphatic heterocycles. The first-order valence-corrected chi connectivity index (χ1v) is 7.54. The summed E-state index contributed by atoms with van der Waals surface area (Å²) in [5, 5.41) is 5.46. The molecule has 1 N–H and O–H groups in total. The van der Waals surface area contributed by atoms with E-state index in [0.717, 1.165) is 23.3 Å². The summed E-state index contributed by atoms with van der Waals surface area (Å²) in [7, 11) is 0. The fourth-order valence-corrected chi connectivity index (χ4v) is 3.02. The summed E-state index contributed by atoms with van der Waals surface area (Å²) in [5.41, 5.74) is 1.23. The molecule has 0 amide bonds. The van der Waals surface area contributed by atoms with Crippen LogP contribution in [0.2, 0.25) is 0 Å². The van der Waals surface area contributed by atoms with E-state index in [9.17, 15) is 0 Å². The summed E-state index contributed by atoms with van der Waals surface area (Å²) in [6.07, 6.45) is 0. The van der Waals surface area contributed by atoms with Crippen LogP contribution >= 0.6 is 27.3 Å². The predicted molar refractivity (Wildman–Crippen MR) is 80.4 cm³/mol. The van der Waals surface area contributed by atoms with E-state index in [2.05, 4.69) is 51.7 Å². The van der Waals surface area contributed by atoms with Gasteiger partial charge in [-0.15, -0.1) is 11.3 Å². The molecule has 2 rings (SSSR count). The molecule has 1 aromatic heterocycles. The molecule has 1 heterocycles. The van der Waals surface area contributed by atoms with Crippen molar-refractivity contribution in [1.29, 1.82) is 0 Å². The van der Waals surface area contributed by atoms with Gasteiger partial charge >= 0.3 is 0 Å². The molecule has 0 spiro atoms. The lowest BCUT2D eigenvalue weighted by molar-refractivity contribution is 0.313. The monoisotopic (exact) mass is 325 g/mol. The summed E-state index contributed by atoms with van der Waals surface area (Å²) >= 11 is 5.21. The number of rotatable bonds is 6. The fourth-order valence-electron chi connectivity index (χ4n) is 1.60. The van der Waals surface area contributed by atoms with E-state index in [1.807, 2.05) is 12.1 Å². The summed E-state index contributed by atoms with van der Waals surface area (Å²) in [6.45, 7) is 4.51. The van der Waals surface area contributed by atoms with Gasteiger partial charge in [0.1, 0.15) is 12.4 Å². The van der Waals surface area contributed by atoms with Crippen LogP contribution in [0.5, 0.6) is 5.75 Å². The Balaban J connectivity index is 1.64. The molecule has 2 nitrogen and oxygen atoms in total. The van der Waals surface area contributed by atoms with Gasteiger partial charge in [0.2, 0.25) is 0 Å². The van der Waals surface area contributed by atoms with Crippen LogP contribution in [0.25, 0.3) is 0 Å². The molecule has 96 valence electrons. The molecule has 0 bridgehead atoms. The van der Waals surface area contributed by atoms with E-state index in [1.165, 1.54) is 10.4 Å². The second-order valence-electron chi connectivity index (χ2n) is 4.07. The Morgan fingerprint density at radius 2 is 2.22 bits per heavy atom. The SMILES string of the molecule is Cc1cccc(OCCNCc2cc(Br)cs2)c1. The topological polar surface area (TPSA) is 21.3 Å². The maximum Gasteiger partial charge on any atom is 0.119 e. The van der Waals surface area contributed by atoms with Crippen molar-refractivity contribution in [3.8, 4) is 5.75 Å². The average Bonchev–Trinajstić information content (AvgIpc) is 2.75.